The van der Waals surface area contributed by atoms with Crippen LogP contribution >= 0.6 is 0 Å². The van der Waals surface area contributed by atoms with E-state index < -0.39 is 0 Å². The van der Waals surface area contributed by atoms with E-state index in [-0.39, 0.29) is 5.56 Å². The zero-order valence-corrected chi connectivity index (χ0v) is 11.7. The molecule has 2 aromatic carbocycles. The van der Waals surface area contributed by atoms with E-state index in [1.54, 1.807) is 6.20 Å². The molecule has 0 saturated carbocycles. The number of benzene rings is 2. The molecule has 0 bridgehead atoms. The summed E-state index contributed by atoms with van der Waals surface area (Å²) in [4.78, 5) is 12.3. The van der Waals surface area contributed by atoms with Crippen molar-refractivity contribution in [2.24, 2.45) is 0 Å². The molecule has 1 heterocycles. The van der Waals surface area contributed by atoms with Gasteiger partial charge in [-0.2, -0.15) is 5.10 Å². The third-order valence-corrected chi connectivity index (χ3v) is 3.55. The summed E-state index contributed by atoms with van der Waals surface area (Å²) in [5.74, 6) is 0. The van der Waals surface area contributed by atoms with Crippen LogP contribution < -0.4 is 11.3 Å². The highest BCUT2D eigenvalue weighted by Gasteiger charge is 2.03. The number of nitrogens with zero attached hydrogens (tertiary/aromatic N) is 2. The maximum absolute atomic E-state index is 12.3. The zero-order chi connectivity index (χ0) is 14.7. The lowest BCUT2D eigenvalue weighted by molar-refractivity contribution is 0.553. The molecule has 0 fully saturated rings. The van der Waals surface area contributed by atoms with Crippen molar-refractivity contribution in [1.82, 2.24) is 9.78 Å². The Hall–Kier alpha value is -2.62. The lowest BCUT2D eigenvalue weighted by Gasteiger charge is -2.06. The standard InChI is InChI=1S/C17H17N3O/c18-15-8-3-5-13(11-15)6-4-10-20-17(21)16-9-2-1-7-14(16)12-19-20/h1-3,5,7-9,11-12H,4,6,10,18H2. The van der Waals surface area contributed by atoms with Gasteiger partial charge in [-0.25, -0.2) is 4.68 Å². The van der Waals surface area contributed by atoms with Gasteiger partial charge in [0.05, 0.1) is 11.6 Å². The second-order valence-electron chi connectivity index (χ2n) is 5.11. The van der Waals surface area contributed by atoms with Gasteiger partial charge in [-0.3, -0.25) is 4.79 Å². The molecular weight excluding hydrogens is 262 g/mol. The predicted molar refractivity (Wildman–Crippen MR) is 85.2 cm³/mol. The highest BCUT2D eigenvalue weighted by molar-refractivity contribution is 5.80. The van der Waals surface area contributed by atoms with Crippen LogP contribution in [-0.2, 0) is 13.0 Å². The number of nitrogen functional groups attached to an aromatic ring is 1. The Labute approximate surface area is 122 Å². The third kappa shape index (κ3) is 2.94. The van der Waals surface area contributed by atoms with Crippen LogP contribution in [0.15, 0.2) is 59.5 Å². The molecule has 1 aromatic heterocycles. The maximum atomic E-state index is 12.3. The molecule has 106 valence electrons. The number of rotatable bonds is 4. The fourth-order valence-corrected chi connectivity index (χ4v) is 2.47. The minimum absolute atomic E-state index is 0.0272. The lowest BCUT2D eigenvalue weighted by atomic mass is 10.1. The molecule has 0 radical (unpaired) electrons. The summed E-state index contributed by atoms with van der Waals surface area (Å²) >= 11 is 0. The largest absolute Gasteiger partial charge is 0.399 e. The summed E-state index contributed by atoms with van der Waals surface area (Å²) < 4.78 is 1.54. The molecule has 0 saturated heterocycles. The van der Waals surface area contributed by atoms with E-state index in [1.807, 2.05) is 48.5 Å². The molecule has 4 heteroatoms. The quantitative estimate of drug-likeness (QED) is 0.747. The molecule has 0 aliphatic heterocycles. The van der Waals surface area contributed by atoms with Crippen molar-refractivity contribution in [3.63, 3.8) is 0 Å². The van der Waals surface area contributed by atoms with Gasteiger partial charge in [0.15, 0.2) is 0 Å². The van der Waals surface area contributed by atoms with Gasteiger partial charge in [0.25, 0.3) is 5.56 Å². The number of hydrogen-bond donors (Lipinski definition) is 1. The first-order valence-corrected chi connectivity index (χ1v) is 7.03. The number of aryl methyl sites for hydroxylation is 2. The second kappa shape index (κ2) is 5.79. The average molecular weight is 279 g/mol. The van der Waals surface area contributed by atoms with Crippen LogP contribution in [0.5, 0.6) is 0 Å². The molecule has 21 heavy (non-hydrogen) atoms. The van der Waals surface area contributed by atoms with Crippen molar-refractivity contribution >= 4 is 16.5 Å². The van der Waals surface area contributed by atoms with Crippen LogP contribution in [0.25, 0.3) is 10.8 Å². The first-order valence-electron chi connectivity index (χ1n) is 7.03. The predicted octanol–water partition coefficient (Wildman–Crippen LogP) is 2.61. The third-order valence-electron chi connectivity index (χ3n) is 3.55. The Kier molecular flexibility index (Phi) is 3.69. The fourth-order valence-electron chi connectivity index (χ4n) is 2.47. The summed E-state index contributed by atoms with van der Waals surface area (Å²) in [5, 5.41) is 5.84. The van der Waals surface area contributed by atoms with Gasteiger partial charge in [0.2, 0.25) is 0 Å². The van der Waals surface area contributed by atoms with Gasteiger partial charge in [0.1, 0.15) is 0 Å². The van der Waals surface area contributed by atoms with E-state index >= 15 is 0 Å². The van der Waals surface area contributed by atoms with Crippen molar-refractivity contribution in [1.29, 1.82) is 0 Å². The van der Waals surface area contributed by atoms with Crippen LogP contribution in [-0.4, -0.2) is 9.78 Å². The Balaban J connectivity index is 1.74. The summed E-state index contributed by atoms with van der Waals surface area (Å²) in [6, 6.07) is 15.4. The molecular formula is C17H17N3O. The van der Waals surface area contributed by atoms with E-state index in [0.29, 0.717) is 6.54 Å². The minimum atomic E-state index is -0.0272. The molecule has 3 rings (SSSR count). The van der Waals surface area contributed by atoms with E-state index in [1.165, 1.54) is 10.2 Å². The molecule has 0 aliphatic rings. The molecule has 4 nitrogen and oxygen atoms in total. The molecule has 0 spiro atoms. The van der Waals surface area contributed by atoms with Crippen LogP contribution in [0.1, 0.15) is 12.0 Å². The first-order chi connectivity index (χ1) is 10.2. The monoisotopic (exact) mass is 279 g/mol. The van der Waals surface area contributed by atoms with E-state index in [2.05, 4.69) is 5.10 Å². The Morgan fingerprint density at radius 2 is 1.95 bits per heavy atom. The zero-order valence-electron chi connectivity index (χ0n) is 11.7. The van der Waals surface area contributed by atoms with Crippen molar-refractivity contribution in [2.75, 3.05) is 5.73 Å². The van der Waals surface area contributed by atoms with Gasteiger partial charge in [-0.1, -0.05) is 30.3 Å². The smallest absolute Gasteiger partial charge is 0.274 e. The van der Waals surface area contributed by atoms with Crippen molar-refractivity contribution in [2.45, 2.75) is 19.4 Å². The van der Waals surface area contributed by atoms with Gasteiger partial charge in [-0.05, 0) is 36.6 Å². The van der Waals surface area contributed by atoms with E-state index in [4.69, 9.17) is 5.73 Å². The van der Waals surface area contributed by atoms with Gasteiger partial charge in [-0.15, -0.1) is 0 Å². The van der Waals surface area contributed by atoms with Gasteiger partial charge >= 0.3 is 0 Å². The summed E-state index contributed by atoms with van der Waals surface area (Å²) in [5.41, 5.74) is 7.69. The van der Waals surface area contributed by atoms with Crippen LogP contribution in [0, 0.1) is 0 Å². The number of fused-ring (bicyclic) bond motifs is 1. The molecule has 0 unspecified atom stereocenters. The second-order valence-corrected chi connectivity index (χ2v) is 5.11. The molecule has 3 aromatic rings. The topological polar surface area (TPSA) is 60.9 Å². The van der Waals surface area contributed by atoms with E-state index in [0.717, 1.165) is 29.3 Å². The number of hydrogen-bond acceptors (Lipinski definition) is 3. The maximum Gasteiger partial charge on any atom is 0.274 e. The van der Waals surface area contributed by atoms with Crippen LogP contribution in [0.4, 0.5) is 5.69 Å². The lowest BCUT2D eigenvalue weighted by Crippen LogP contribution is -2.23. The van der Waals surface area contributed by atoms with E-state index in [9.17, 15) is 4.79 Å². The van der Waals surface area contributed by atoms with Crippen molar-refractivity contribution < 1.29 is 0 Å². The van der Waals surface area contributed by atoms with Gasteiger partial charge < -0.3 is 5.73 Å². The molecule has 0 amide bonds. The Morgan fingerprint density at radius 3 is 2.81 bits per heavy atom. The summed E-state index contributed by atoms with van der Waals surface area (Å²) in [6.45, 7) is 0.610. The average Bonchev–Trinajstić information content (AvgIpc) is 2.50. The molecule has 0 aliphatic carbocycles. The Bertz CT molecular complexity index is 823. The SMILES string of the molecule is Nc1cccc(CCCn2ncc3ccccc3c2=O)c1. The number of anilines is 1. The van der Waals surface area contributed by atoms with Crippen molar-refractivity contribution in [3.8, 4) is 0 Å². The summed E-state index contributed by atoms with van der Waals surface area (Å²) in [7, 11) is 0. The molecule has 2 N–H and O–H groups in total. The van der Waals surface area contributed by atoms with Crippen LogP contribution in [0.3, 0.4) is 0 Å². The van der Waals surface area contributed by atoms with Gasteiger partial charge in [0, 0.05) is 17.6 Å². The van der Waals surface area contributed by atoms with Crippen molar-refractivity contribution in [3.05, 3.63) is 70.6 Å². The highest BCUT2D eigenvalue weighted by Crippen LogP contribution is 2.10. The highest BCUT2D eigenvalue weighted by atomic mass is 16.1. The normalized spacial score (nSPS) is 10.9. The summed E-state index contributed by atoms with van der Waals surface area (Å²) in [6.07, 6.45) is 3.48. The minimum Gasteiger partial charge on any atom is -0.399 e. The first kappa shape index (κ1) is 13.4. The molecule has 0 atom stereocenters. The van der Waals surface area contributed by atoms with Crippen LogP contribution in [0.2, 0.25) is 0 Å². The number of nitrogens with two attached hydrogens (primary N) is 1. The fraction of sp³-hybridized carbons (Fsp3) is 0.176. The Morgan fingerprint density at radius 1 is 1.10 bits per heavy atom. The number of aromatic nitrogens is 2.